The van der Waals surface area contributed by atoms with Gasteiger partial charge in [0.25, 0.3) is 11.8 Å². The van der Waals surface area contributed by atoms with Crippen LogP contribution in [0, 0.1) is 5.41 Å². The summed E-state index contributed by atoms with van der Waals surface area (Å²) in [5.74, 6) is 0.119. The molecule has 1 aliphatic carbocycles. The van der Waals surface area contributed by atoms with Crippen LogP contribution in [-0.4, -0.2) is 52.8 Å². The zero-order valence-electron chi connectivity index (χ0n) is 22.1. The molecule has 7 rings (SSSR count). The molecule has 0 radical (unpaired) electrons. The van der Waals surface area contributed by atoms with Crippen LogP contribution in [0.4, 0.5) is 5.69 Å². The van der Waals surface area contributed by atoms with Crippen molar-refractivity contribution in [2.24, 2.45) is 5.41 Å². The average molecular weight is 541 g/mol. The van der Waals surface area contributed by atoms with Gasteiger partial charge in [-0.05, 0) is 91.0 Å². The van der Waals surface area contributed by atoms with Crippen molar-refractivity contribution in [1.29, 1.82) is 0 Å². The van der Waals surface area contributed by atoms with E-state index in [1.807, 2.05) is 40.4 Å². The molecule has 1 aromatic heterocycles. The molecule has 2 saturated heterocycles. The second-order valence-electron chi connectivity index (χ2n) is 11.7. The molecule has 3 aliphatic heterocycles. The molecule has 0 N–H and O–H groups in total. The van der Waals surface area contributed by atoms with Crippen LogP contribution >= 0.6 is 11.6 Å². The Kier molecular flexibility index (Phi) is 6.11. The number of nitrogens with zero attached hydrogens (tertiary/aromatic N) is 4. The summed E-state index contributed by atoms with van der Waals surface area (Å²) in [6.07, 6.45) is 10.0. The van der Waals surface area contributed by atoms with Crippen molar-refractivity contribution in [2.75, 3.05) is 31.1 Å². The number of benzene rings is 2. The van der Waals surface area contributed by atoms with E-state index in [-0.39, 0.29) is 17.9 Å². The number of rotatable bonds is 3. The van der Waals surface area contributed by atoms with Crippen LogP contribution in [0.25, 0.3) is 0 Å². The van der Waals surface area contributed by atoms with Crippen molar-refractivity contribution < 1.29 is 9.59 Å². The highest BCUT2D eigenvalue weighted by atomic mass is 35.5. The zero-order chi connectivity index (χ0) is 26.6. The summed E-state index contributed by atoms with van der Waals surface area (Å²) in [6, 6.07) is 16.0. The van der Waals surface area contributed by atoms with Crippen LogP contribution in [-0.2, 0) is 13.0 Å². The quantitative estimate of drug-likeness (QED) is 0.415. The van der Waals surface area contributed by atoms with Gasteiger partial charge in [-0.25, -0.2) is 0 Å². The molecular formula is C32H33ClN4O2. The molecular weight excluding hydrogens is 508 g/mol. The third kappa shape index (κ3) is 4.29. The highest BCUT2D eigenvalue weighted by Crippen LogP contribution is 2.44. The Labute approximate surface area is 234 Å². The maximum Gasteiger partial charge on any atom is 0.256 e. The summed E-state index contributed by atoms with van der Waals surface area (Å²) in [7, 11) is 0. The van der Waals surface area contributed by atoms with Gasteiger partial charge in [-0.1, -0.05) is 29.8 Å². The van der Waals surface area contributed by atoms with Gasteiger partial charge in [0.2, 0.25) is 0 Å². The zero-order valence-corrected chi connectivity index (χ0v) is 22.9. The topological polar surface area (TPSA) is 56.8 Å². The minimum absolute atomic E-state index is 0.00138. The summed E-state index contributed by atoms with van der Waals surface area (Å²) < 4.78 is 0. The van der Waals surface area contributed by atoms with E-state index in [9.17, 15) is 9.59 Å². The first-order chi connectivity index (χ1) is 19.0. The summed E-state index contributed by atoms with van der Waals surface area (Å²) in [4.78, 5) is 37.5. The van der Waals surface area contributed by atoms with Crippen molar-refractivity contribution in [2.45, 2.75) is 51.1 Å². The summed E-state index contributed by atoms with van der Waals surface area (Å²) >= 11 is 6.38. The standard InChI is InChI=1S/C32H33ClN4O2/c33-27-3-1-2-24-21-37(31(39)29(24)27)28-7-6-22-4-5-23(20-26(22)28)30(38)36-18-12-32(13-19-36)10-16-35(17-11-32)25-8-14-34-15-9-25/h1-5,8-9,14-15,20,28H,6-7,10-13,16-19,21H2. The lowest BCUT2D eigenvalue weighted by atomic mass is 9.71. The van der Waals surface area contributed by atoms with E-state index in [4.69, 9.17) is 11.6 Å². The molecule has 1 spiro atoms. The summed E-state index contributed by atoms with van der Waals surface area (Å²) in [6.45, 7) is 4.33. The van der Waals surface area contributed by atoms with E-state index in [1.54, 1.807) is 6.07 Å². The van der Waals surface area contributed by atoms with E-state index in [0.29, 0.717) is 22.5 Å². The molecule has 4 heterocycles. The van der Waals surface area contributed by atoms with E-state index in [2.05, 4.69) is 34.1 Å². The number of carbonyl (C=O) groups is 2. The number of carbonyl (C=O) groups excluding carboxylic acids is 2. The van der Waals surface area contributed by atoms with Crippen molar-refractivity contribution in [3.63, 3.8) is 0 Å². The number of hydrogen-bond acceptors (Lipinski definition) is 4. The molecule has 1 atom stereocenters. The van der Waals surface area contributed by atoms with Gasteiger partial charge in [-0.3, -0.25) is 14.6 Å². The maximum atomic E-state index is 13.6. The molecule has 2 fully saturated rings. The van der Waals surface area contributed by atoms with Crippen molar-refractivity contribution in [3.05, 3.63) is 93.8 Å². The molecule has 6 nitrogen and oxygen atoms in total. The Bertz CT molecular complexity index is 1420. The summed E-state index contributed by atoms with van der Waals surface area (Å²) in [5.41, 5.74) is 6.32. The van der Waals surface area contributed by atoms with Gasteiger partial charge >= 0.3 is 0 Å². The lowest BCUT2D eigenvalue weighted by Crippen LogP contribution is -2.48. The number of pyridine rings is 1. The Morgan fingerprint density at radius 2 is 1.67 bits per heavy atom. The number of likely N-dealkylation sites (tertiary alicyclic amines) is 1. The third-order valence-electron chi connectivity index (χ3n) is 9.69. The molecule has 3 aromatic rings. The lowest BCUT2D eigenvalue weighted by molar-refractivity contribution is 0.0515. The Balaban J connectivity index is 1.02. The predicted molar refractivity (Wildman–Crippen MR) is 152 cm³/mol. The van der Waals surface area contributed by atoms with Gasteiger partial charge in [0.1, 0.15) is 0 Å². The molecule has 0 saturated carbocycles. The maximum absolute atomic E-state index is 13.6. The first-order valence-electron chi connectivity index (χ1n) is 14.2. The normalized spacial score (nSPS) is 21.8. The number of aryl methyl sites for hydroxylation is 1. The molecule has 1 unspecified atom stereocenters. The lowest BCUT2D eigenvalue weighted by Gasteiger charge is -2.47. The van der Waals surface area contributed by atoms with Gasteiger partial charge in [0, 0.05) is 56.4 Å². The fraction of sp³-hybridized carbons (Fsp3) is 0.406. The minimum Gasteiger partial charge on any atom is -0.371 e. The fourth-order valence-corrected chi connectivity index (χ4v) is 7.56. The number of fused-ring (bicyclic) bond motifs is 2. The van der Waals surface area contributed by atoms with Gasteiger partial charge in [0.05, 0.1) is 16.6 Å². The van der Waals surface area contributed by atoms with E-state index >= 15 is 0 Å². The number of piperidine rings is 2. The van der Waals surface area contributed by atoms with Crippen LogP contribution in [0.5, 0.6) is 0 Å². The van der Waals surface area contributed by atoms with Gasteiger partial charge < -0.3 is 14.7 Å². The number of anilines is 1. The first kappa shape index (κ1) is 24.6. The molecule has 39 heavy (non-hydrogen) atoms. The molecule has 0 bridgehead atoms. The van der Waals surface area contributed by atoms with Gasteiger partial charge in [0.15, 0.2) is 0 Å². The van der Waals surface area contributed by atoms with Crippen LogP contribution in [0.1, 0.15) is 75.6 Å². The number of hydrogen-bond donors (Lipinski definition) is 0. The van der Waals surface area contributed by atoms with Crippen LogP contribution in [0.3, 0.4) is 0 Å². The van der Waals surface area contributed by atoms with E-state index < -0.39 is 0 Å². The highest BCUT2D eigenvalue weighted by molar-refractivity contribution is 6.34. The van der Waals surface area contributed by atoms with Gasteiger partial charge in [-0.15, -0.1) is 0 Å². The van der Waals surface area contributed by atoms with Crippen LogP contribution in [0.2, 0.25) is 5.02 Å². The second-order valence-corrected chi connectivity index (χ2v) is 12.1. The largest absolute Gasteiger partial charge is 0.371 e. The van der Waals surface area contributed by atoms with Gasteiger partial charge in [-0.2, -0.15) is 0 Å². The van der Waals surface area contributed by atoms with Crippen LogP contribution < -0.4 is 4.90 Å². The molecule has 4 aliphatic rings. The van der Waals surface area contributed by atoms with Crippen molar-refractivity contribution in [3.8, 4) is 0 Å². The minimum atomic E-state index is -0.0149. The van der Waals surface area contributed by atoms with E-state index in [1.165, 1.54) is 24.1 Å². The van der Waals surface area contributed by atoms with Crippen LogP contribution in [0.15, 0.2) is 60.9 Å². The Morgan fingerprint density at radius 3 is 2.41 bits per heavy atom. The number of aromatic nitrogens is 1. The fourth-order valence-electron chi connectivity index (χ4n) is 7.29. The average Bonchev–Trinajstić information content (AvgIpc) is 3.54. The highest BCUT2D eigenvalue weighted by Gasteiger charge is 2.40. The predicted octanol–water partition coefficient (Wildman–Crippen LogP) is 5.90. The number of halogens is 1. The molecule has 2 aromatic carbocycles. The molecule has 200 valence electrons. The van der Waals surface area contributed by atoms with E-state index in [0.717, 1.165) is 68.6 Å². The van der Waals surface area contributed by atoms with Crippen molar-refractivity contribution >= 4 is 29.1 Å². The molecule has 2 amide bonds. The molecule has 7 heteroatoms. The number of amides is 2. The first-order valence-corrected chi connectivity index (χ1v) is 14.5. The smallest absolute Gasteiger partial charge is 0.256 e. The Hall–Kier alpha value is -3.38. The van der Waals surface area contributed by atoms with Crippen molar-refractivity contribution in [1.82, 2.24) is 14.8 Å². The Morgan fingerprint density at radius 1 is 0.923 bits per heavy atom. The third-order valence-corrected chi connectivity index (χ3v) is 10.0. The SMILES string of the molecule is O=C(c1ccc2c(c1)C(N1Cc3cccc(Cl)c3C1=O)CC2)N1CCC2(CC1)CCN(c1ccncc1)CC2. The summed E-state index contributed by atoms with van der Waals surface area (Å²) in [5, 5.41) is 0.521. The monoisotopic (exact) mass is 540 g/mol. The second kappa shape index (κ2) is 9.67.